The summed E-state index contributed by atoms with van der Waals surface area (Å²) >= 11 is 0. The van der Waals surface area contributed by atoms with Crippen molar-refractivity contribution in [2.45, 2.75) is 38.6 Å². The van der Waals surface area contributed by atoms with Crippen LogP contribution in [0.15, 0.2) is 36.5 Å². The van der Waals surface area contributed by atoms with E-state index in [1.807, 2.05) is 37.3 Å². The summed E-state index contributed by atoms with van der Waals surface area (Å²) in [6, 6.07) is 9.92. The van der Waals surface area contributed by atoms with Crippen LogP contribution in [-0.2, 0) is 4.79 Å². The van der Waals surface area contributed by atoms with E-state index in [0.29, 0.717) is 6.42 Å². The van der Waals surface area contributed by atoms with Gasteiger partial charge < -0.3 is 10.4 Å². The summed E-state index contributed by atoms with van der Waals surface area (Å²) in [6.07, 6.45) is 5.39. The molecule has 1 fully saturated rings. The van der Waals surface area contributed by atoms with E-state index in [1.165, 1.54) is 0 Å². The summed E-state index contributed by atoms with van der Waals surface area (Å²) < 4.78 is 0. The summed E-state index contributed by atoms with van der Waals surface area (Å²) in [5.74, 6) is 0.0624. The number of aromatic nitrogens is 1. The van der Waals surface area contributed by atoms with Gasteiger partial charge in [-0.1, -0.05) is 37.1 Å². The fourth-order valence-corrected chi connectivity index (χ4v) is 3.22. The number of fused-ring (bicyclic) bond motifs is 1. The normalized spacial score (nSPS) is 25.7. The van der Waals surface area contributed by atoms with E-state index in [9.17, 15) is 9.90 Å². The van der Waals surface area contributed by atoms with E-state index in [-0.39, 0.29) is 6.04 Å². The second-order valence-corrected chi connectivity index (χ2v) is 6.05. The molecule has 1 heterocycles. The van der Waals surface area contributed by atoms with E-state index < -0.39 is 11.4 Å². The van der Waals surface area contributed by atoms with Crippen LogP contribution in [-0.4, -0.2) is 22.1 Å². The molecule has 2 unspecified atom stereocenters. The van der Waals surface area contributed by atoms with E-state index in [0.717, 1.165) is 35.9 Å². The Morgan fingerprint density at radius 1 is 1.33 bits per heavy atom. The van der Waals surface area contributed by atoms with Gasteiger partial charge in [-0.2, -0.15) is 0 Å². The molecule has 2 N–H and O–H groups in total. The van der Waals surface area contributed by atoms with Crippen LogP contribution in [0.2, 0.25) is 0 Å². The molecule has 4 heteroatoms. The quantitative estimate of drug-likeness (QED) is 0.902. The van der Waals surface area contributed by atoms with Crippen LogP contribution in [0.3, 0.4) is 0 Å². The molecular weight excluding hydrogens is 264 g/mol. The second kappa shape index (κ2) is 5.35. The third-order valence-electron chi connectivity index (χ3n) is 4.68. The molecule has 1 aromatic carbocycles. The molecule has 1 saturated carbocycles. The molecule has 0 aliphatic heterocycles. The molecule has 0 radical (unpaired) electrons. The van der Waals surface area contributed by atoms with Gasteiger partial charge in [0, 0.05) is 17.6 Å². The maximum atomic E-state index is 11.7. The zero-order chi connectivity index (χ0) is 14.9. The van der Waals surface area contributed by atoms with Crippen LogP contribution in [0.5, 0.6) is 0 Å². The van der Waals surface area contributed by atoms with Crippen molar-refractivity contribution in [2.24, 2.45) is 5.41 Å². The highest BCUT2D eigenvalue weighted by Gasteiger charge is 2.43. The average molecular weight is 284 g/mol. The number of rotatable bonds is 3. The Morgan fingerprint density at radius 2 is 2.14 bits per heavy atom. The number of hydrogen-bond acceptors (Lipinski definition) is 3. The van der Waals surface area contributed by atoms with Crippen molar-refractivity contribution in [1.82, 2.24) is 4.98 Å². The smallest absolute Gasteiger partial charge is 0.311 e. The minimum atomic E-state index is -0.725. The zero-order valence-corrected chi connectivity index (χ0v) is 12.2. The van der Waals surface area contributed by atoms with Gasteiger partial charge in [-0.15, -0.1) is 0 Å². The Bertz CT molecular complexity index is 665. The van der Waals surface area contributed by atoms with Crippen LogP contribution < -0.4 is 5.32 Å². The third-order valence-corrected chi connectivity index (χ3v) is 4.68. The van der Waals surface area contributed by atoms with Gasteiger partial charge in [-0.25, -0.2) is 4.98 Å². The number of nitrogens with one attached hydrogen (secondary N) is 1. The molecule has 4 nitrogen and oxygen atoms in total. The first-order chi connectivity index (χ1) is 10.1. The zero-order valence-electron chi connectivity index (χ0n) is 12.2. The lowest BCUT2D eigenvalue weighted by Crippen LogP contribution is -2.46. The van der Waals surface area contributed by atoms with Crippen LogP contribution in [0.4, 0.5) is 5.82 Å². The minimum Gasteiger partial charge on any atom is -0.481 e. The van der Waals surface area contributed by atoms with E-state index >= 15 is 0 Å². The van der Waals surface area contributed by atoms with Crippen molar-refractivity contribution in [1.29, 1.82) is 0 Å². The first kappa shape index (κ1) is 13.9. The minimum absolute atomic E-state index is 0.0814. The largest absolute Gasteiger partial charge is 0.481 e. The second-order valence-electron chi connectivity index (χ2n) is 6.05. The Morgan fingerprint density at radius 3 is 2.95 bits per heavy atom. The van der Waals surface area contributed by atoms with Gasteiger partial charge in [0.05, 0.1) is 5.41 Å². The predicted octanol–water partition coefficient (Wildman–Crippen LogP) is 3.68. The van der Waals surface area contributed by atoms with Crippen molar-refractivity contribution in [3.8, 4) is 0 Å². The number of anilines is 1. The maximum absolute atomic E-state index is 11.7. The Kier molecular flexibility index (Phi) is 3.53. The van der Waals surface area contributed by atoms with Gasteiger partial charge in [0.2, 0.25) is 0 Å². The molecular formula is C17H20N2O2. The molecule has 110 valence electrons. The van der Waals surface area contributed by atoms with Crippen LogP contribution in [0.1, 0.15) is 32.6 Å². The molecule has 0 amide bonds. The molecule has 1 aromatic heterocycles. The molecule has 1 aliphatic carbocycles. The highest BCUT2D eigenvalue weighted by atomic mass is 16.4. The number of carboxylic acid groups (broad SMARTS) is 1. The van der Waals surface area contributed by atoms with Gasteiger partial charge in [-0.05, 0) is 31.2 Å². The Labute approximate surface area is 124 Å². The summed E-state index contributed by atoms with van der Waals surface area (Å²) in [4.78, 5) is 16.1. The molecule has 2 atom stereocenters. The van der Waals surface area contributed by atoms with E-state index in [4.69, 9.17) is 0 Å². The van der Waals surface area contributed by atoms with Crippen molar-refractivity contribution >= 4 is 22.6 Å². The Balaban J connectivity index is 1.95. The lowest BCUT2D eigenvalue weighted by Gasteiger charge is -2.38. The number of aliphatic carboxylic acids is 1. The van der Waals surface area contributed by atoms with Gasteiger partial charge >= 0.3 is 5.97 Å². The fourth-order valence-electron chi connectivity index (χ4n) is 3.22. The molecule has 21 heavy (non-hydrogen) atoms. The molecule has 2 aromatic rings. The highest BCUT2D eigenvalue weighted by molar-refractivity contribution is 5.92. The summed E-state index contributed by atoms with van der Waals surface area (Å²) in [5, 5.41) is 15.2. The number of carboxylic acids is 1. The topological polar surface area (TPSA) is 62.2 Å². The average Bonchev–Trinajstić information content (AvgIpc) is 2.50. The lowest BCUT2D eigenvalue weighted by atomic mass is 9.71. The van der Waals surface area contributed by atoms with Crippen LogP contribution in [0.25, 0.3) is 10.8 Å². The van der Waals surface area contributed by atoms with Gasteiger partial charge in [0.1, 0.15) is 5.82 Å². The Hall–Kier alpha value is -2.10. The van der Waals surface area contributed by atoms with Crippen LogP contribution in [0, 0.1) is 5.41 Å². The van der Waals surface area contributed by atoms with Crippen molar-refractivity contribution in [3.05, 3.63) is 36.5 Å². The monoisotopic (exact) mass is 284 g/mol. The van der Waals surface area contributed by atoms with Gasteiger partial charge in [0.25, 0.3) is 0 Å². The number of nitrogens with zero attached hydrogens (tertiary/aromatic N) is 1. The number of carbonyl (C=O) groups is 1. The fraction of sp³-hybridized carbons (Fsp3) is 0.412. The lowest BCUT2D eigenvalue weighted by molar-refractivity contribution is -0.150. The number of hydrogen-bond donors (Lipinski definition) is 2. The SMILES string of the molecule is CC1(C(=O)O)CCCCC1Nc1nccc2ccccc12. The standard InChI is InChI=1S/C17H20N2O2/c1-17(16(20)21)10-5-4-8-14(17)19-15-13-7-3-2-6-12(13)9-11-18-15/h2-3,6-7,9,11,14H,4-5,8,10H2,1H3,(H,18,19)(H,20,21). The van der Waals surface area contributed by atoms with E-state index in [2.05, 4.69) is 10.3 Å². The number of pyridine rings is 1. The number of benzene rings is 1. The summed E-state index contributed by atoms with van der Waals surface area (Å²) in [5.41, 5.74) is -0.725. The summed E-state index contributed by atoms with van der Waals surface area (Å²) in [7, 11) is 0. The molecule has 0 saturated heterocycles. The molecule has 3 rings (SSSR count). The van der Waals surface area contributed by atoms with Crippen molar-refractivity contribution in [3.63, 3.8) is 0 Å². The summed E-state index contributed by atoms with van der Waals surface area (Å²) in [6.45, 7) is 1.84. The van der Waals surface area contributed by atoms with Gasteiger partial charge in [-0.3, -0.25) is 4.79 Å². The maximum Gasteiger partial charge on any atom is 0.311 e. The van der Waals surface area contributed by atoms with Crippen LogP contribution >= 0.6 is 0 Å². The van der Waals surface area contributed by atoms with Gasteiger partial charge in [0.15, 0.2) is 0 Å². The molecule has 1 aliphatic rings. The first-order valence-electron chi connectivity index (χ1n) is 7.45. The van der Waals surface area contributed by atoms with E-state index in [1.54, 1.807) is 6.20 Å². The predicted molar refractivity (Wildman–Crippen MR) is 83.4 cm³/mol. The highest BCUT2D eigenvalue weighted by Crippen LogP contribution is 2.38. The third kappa shape index (κ3) is 2.46. The van der Waals surface area contributed by atoms with Crippen molar-refractivity contribution in [2.75, 3.05) is 5.32 Å². The molecule has 0 spiro atoms. The van der Waals surface area contributed by atoms with Crippen molar-refractivity contribution < 1.29 is 9.90 Å². The molecule has 0 bridgehead atoms. The first-order valence-corrected chi connectivity index (χ1v) is 7.45.